The molecule has 1 aliphatic heterocycles. The molecule has 4 rings (SSSR count). The zero-order valence-electron chi connectivity index (χ0n) is 16.4. The van der Waals surface area contributed by atoms with Gasteiger partial charge in [-0.2, -0.15) is 5.10 Å². The fourth-order valence-electron chi connectivity index (χ4n) is 3.99. The molecule has 29 heavy (non-hydrogen) atoms. The summed E-state index contributed by atoms with van der Waals surface area (Å²) < 4.78 is 6.63. The Hall–Kier alpha value is -3.48. The van der Waals surface area contributed by atoms with E-state index in [1.54, 1.807) is 22.0 Å². The summed E-state index contributed by atoms with van der Waals surface area (Å²) in [5.41, 5.74) is 3.29. The average molecular weight is 390 g/mol. The van der Waals surface area contributed by atoms with Gasteiger partial charge in [-0.1, -0.05) is 30.3 Å². The molecular formula is C22H22N4O3. The fourth-order valence-corrected chi connectivity index (χ4v) is 3.99. The Bertz CT molecular complexity index is 1020. The van der Waals surface area contributed by atoms with E-state index in [4.69, 9.17) is 4.74 Å². The van der Waals surface area contributed by atoms with Crippen LogP contribution in [0.3, 0.4) is 0 Å². The number of ether oxygens (including phenoxy) is 1. The summed E-state index contributed by atoms with van der Waals surface area (Å²) in [4.78, 5) is 31.5. The van der Waals surface area contributed by atoms with E-state index in [0.717, 1.165) is 16.8 Å². The number of esters is 1. The lowest BCUT2D eigenvalue weighted by molar-refractivity contribution is -0.145. The number of hydrogen-bond donors (Lipinski definition) is 0. The highest BCUT2D eigenvalue weighted by Crippen LogP contribution is 2.38. The largest absolute Gasteiger partial charge is 0.467 e. The van der Waals surface area contributed by atoms with Crippen molar-refractivity contribution in [3.8, 4) is 5.69 Å². The van der Waals surface area contributed by atoms with Crippen molar-refractivity contribution < 1.29 is 14.3 Å². The smallest absolute Gasteiger partial charge is 0.328 e. The Balaban J connectivity index is 1.69. The number of aryl methyl sites for hydroxylation is 1. The molecule has 0 aliphatic carbocycles. The van der Waals surface area contributed by atoms with E-state index in [9.17, 15) is 9.59 Å². The minimum absolute atomic E-state index is 0.164. The van der Waals surface area contributed by atoms with E-state index in [2.05, 4.69) is 10.1 Å². The first-order chi connectivity index (χ1) is 14.1. The van der Waals surface area contributed by atoms with Crippen LogP contribution in [0.2, 0.25) is 0 Å². The molecule has 0 unspecified atom stereocenters. The molecule has 1 amide bonds. The Labute approximate surface area is 168 Å². The van der Waals surface area contributed by atoms with E-state index < -0.39 is 6.04 Å². The summed E-state index contributed by atoms with van der Waals surface area (Å²) in [5, 5.41) is 4.15. The molecule has 0 saturated carbocycles. The number of methoxy groups -OCH3 is 1. The van der Waals surface area contributed by atoms with Crippen LogP contribution in [0, 0.1) is 6.92 Å². The van der Waals surface area contributed by atoms with Crippen molar-refractivity contribution in [3.05, 3.63) is 77.9 Å². The number of likely N-dealkylation sites (tertiary alicyclic amines) is 1. The third kappa shape index (κ3) is 3.51. The maximum Gasteiger partial charge on any atom is 0.328 e. The zero-order valence-corrected chi connectivity index (χ0v) is 16.4. The van der Waals surface area contributed by atoms with E-state index in [1.807, 2.05) is 49.4 Å². The van der Waals surface area contributed by atoms with Crippen molar-refractivity contribution in [2.24, 2.45) is 0 Å². The van der Waals surface area contributed by atoms with Crippen LogP contribution >= 0.6 is 0 Å². The molecule has 2 heterocycles. The quantitative estimate of drug-likeness (QED) is 0.640. The van der Waals surface area contributed by atoms with Gasteiger partial charge in [0.25, 0.3) is 5.91 Å². The first-order valence-electron chi connectivity index (χ1n) is 9.51. The standard InChI is InChI=1S/C22H22N4O3/c1-15-12-17(8-9-18(15)25-14-23-13-24-25)21(27)26-19(16-6-4-3-5-7-16)10-11-20(26)22(28)29-2/h3-9,12-14,19-20H,10-11H2,1-2H3/t19-,20-/m0/s1. The van der Waals surface area contributed by atoms with Gasteiger partial charge in [-0.3, -0.25) is 4.79 Å². The monoisotopic (exact) mass is 390 g/mol. The van der Waals surface area contributed by atoms with E-state index in [-0.39, 0.29) is 17.9 Å². The number of nitrogens with zero attached hydrogens (tertiary/aromatic N) is 4. The van der Waals surface area contributed by atoms with E-state index in [0.29, 0.717) is 18.4 Å². The minimum Gasteiger partial charge on any atom is -0.467 e. The molecule has 3 aromatic rings. The van der Waals surface area contributed by atoms with Crippen molar-refractivity contribution in [2.75, 3.05) is 7.11 Å². The van der Waals surface area contributed by atoms with Gasteiger partial charge in [0.2, 0.25) is 0 Å². The SMILES string of the molecule is COC(=O)[C@@H]1CC[C@@H](c2ccccc2)N1C(=O)c1ccc(-n2cncn2)c(C)c1. The summed E-state index contributed by atoms with van der Waals surface area (Å²) in [7, 11) is 1.36. The number of carbonyl (C=O) groups is 2. The lowest BCUT2D eigenvalue weighted by atomic mass is 10.0. The topological polar surface area (TPSA) is 77.3 Å². The Morgan fingerprint density at radius 3 is 2.55 bits per heavy atom. The summed E-state index contributed by atoms with van der Waals surface area (Å²) in [6, 6.07) is 14.5. The molecule has 1 aromatic heterocycles. The van der Waals surface area contributed by atoms with Gasteiger partial charge in [-0.25, -0.2) is 14.5 Å². The van der Waals surface area contributed by atoms with E-state index >= 15 is 0 Å². The lowest BCUT2D eigenvalue weighted by Gasteiger charge is -2.29. The molecular weight excluding hydrogens is 368 g/mol. The number of aromatic nitrogens is 3. The second-order valence-corrected chi connectivity index (χ2v) is 7.10. The molecule has 2 aromatic carbocycles. The normalized spacial score (nSPS) is 18.6. The average Bonchev–Trinajstić information content (AvgIpc) is 3.43. The van der Waals surface area contributed by atoms with E-state index in [1.165, 1.54) is 13.4 Å². The maximum absolute atomic E-state index is 13.5. The van der Waals surface area contributed by atoms with Crippen LogP contribution < -0.4 is 0 Å². The fraction of sp³-hybridized carbons (Fsp3) is 0.273. The zero-order chi connectivity index (χ0) is 20.4. The van der Waals surface area contributed by atoms with Crippen LogP contribution in [-0.4, -0.2) is 44.7 Å². The number of hydrogen-bond acceptors (Lipinski definition) is 5. The molecule has 1 saturated heterocycles. The van der Waals surface area contributed by atoms with Crippen molar-refractivity contribution in [3.63, 3.8) is 0 Å². The van der Waals surface area contributed by atoms with Gasteiger partial charge < -0.3 is 9.64 Å². The van der Waals surface area contributed by atoms with Crippen LogP contribution in [0.5, 0.6) is 0 Å². The molecule has 0 radical (unpaired) electrons. The second kappa shape index (κ2) is 7.87. The molecule has 1 aliphatic rings. The van der Waals surface area contributed by atoms with Crippen LogP contribution in [0.1, 0.15) is 40.4 Å². The van der Waals surface area contributed by atoms with Crippen molar-refractivity contribution >= 4 is 11.9 Å². The molecule has 1 fully saturated rings. The predicted molar refractivity (Wildman–Crippen MR) is 106 cm³/mol. The van der Waals surface area contributed by atoms with Gasteiger partial charge in [0, 0.05) is 5.56 Å². The van der Waals surface area contributed by atoms with Gasteiger partial charge in [0.05, 0.1) is 18.8 Å². The maximum atomic E-state index is 13.5. The highest BCUT2D eigenvalue weighted by molar-refractivity contribution is 5.98. The highest BCUT2D eigenvalue weighted by Gasteiger charge is 2.42. The summed E-state index contributed by atoms with van der Waals surface area (Å²) in [5.74, 6) is -0.562. The number of amides is 1. The summed E-state index contributed by atoms with van der Waals surface area (Å²) in [6.45, 7) is 1.92. The van der Waals surface area contributed by atoms with Gasteiger partial charge in [0.1, 0.15) is 18.7 Å². The molecule has 7 heteroatoms. The molecule has 7 nitrogen and oxygen atoms in total. The van der Waals surface area contributed by atoms with Crippen LogP contribution in [-0.2, 0) is 9.53 Å². The third-order valence-electron chi connectivity index (χ3n) is 5.39. The predicted octanol–water partition coefficient (Wildman–Crippen LogP) is 3.09. The molecule has 0 spiro atoms. The van der Waals surface area contributed by atoms with Crippen molar-refractivity contribution in [1.29, 1.82) is 0 Å². The van der Waals surface area contributed by atoms with Crippen molar-refractivity contribution in [2.45, 2.75) is 31.8 Å². The number of rotatable bonds is 4. The Morgan fingerprint density at radius 2 is 1.90 bits per heavy atom. The molecule has 0 bridgehead atoms. The van der Waals surface area contributed by atoms with Crippen LogP contribution in [0.15, 0.2) is 61.2 Å². The second-order valence-electron chi connectivity index (χ2n) is 7.10. The van der Waals surface area contributed by atoms with Gasteiger partial charge in [-0.15, -0.1) is 0 Å². The van der Waals surface area contributed by atoms with Gasteiger partial charge in [-0.05, 0) is 49.1 Å². The lowest BCUT2D eigenvalue weighted by Crippen LogP contribution is -2.42. The van der Waals surface area contributed by atoms with Crippen molar-refractivity contribution in [1.82, 2.24) is 19.7 Å². The third-order valence-corrected chi connectivity index (χ3v) is 5.39. The summed E-state index contributed by atoms with van der Waals surface area (Å²) >= 11 is 0. The highest BCUT2D eigenvalue weighted by atomic mass is 16.5. The molecule has 148 valence electrons. The number of carbonyl (C=O) groups excluding carboxylic acids is 2. The molecule has 2 atom stereocenters. The molecule has 0 N–H and O–H groups in total. The Morgan fingerprint density at radius 1 is 1.10 bits per heavy atom. The van der Waals surface area contributed by atoms with Crippen LogP contribution in [0.4, 0.5) is 0 Å². The van der Waals surface area contributed by atoms with Gasteiger partial charge >= 0.3 is 5.97 Å². The number of benzene rings is 2. The first-order valence-corrected chi connectivity index (χ1v) is 9.51. The Kier molecular flexibility index (Phi) is 5.12. The summed E-state index contributed by atoms with van der Waals surface area (Å²) in [6.07, 6.45) is 4.37. The van der Waals surface area contributed by atoms with Gasteiger partial charge in [0.15, 0.2) is 0 Å². The van der Waals surface area contributed by atoms with Crippen LogP contribution in [0.25, 0.3) is 5.69 Å². The minimum atomic E-state index is -0.590. The first kappa shape index (κ1) is 18.9.